The number of amides is 4. The summed E-state index contributed by atoms with van der Waals surface area (Å²) in [6.07, 6.45) is 3.27. The van der Waals surface area contributed by atoms with Crippen LogP contribution in [0.5, 0.6) is 0 Å². The van der Waals surface area contributed by atoms with Gasteiger partial charge in [0.2, 0.25) is 5.91 Å². The topological polar surface area (TPSA) is 123 Å². The number of benzene rings is 2. The SMILES string of the molecule is CC(C)(C)CN1Cc2c(ccc3[nH]ncc23)C2CC2(NC(=O)N2CCC3(CC2)N=C(c2ccccc2)NC3=O)C1=O. The highest BCUT2D eigenvalue weighted by Gasteiger charge is 2.65. The third-order valence-electron chi connectivity index (χ3n) is 9.03. The fourth-order valence-corrected chi connectivity index (χ4v) is 6.85. The van der Waals surface area contributed by atoms with Gasteiger partial charge in [-0.15, -0.1) is 0 Å². The van der Waals surface area contributed by atoms with Gasteiger partial charge >= 0.3 is 6.03 Å². The number of aromatic amines is 1. The molecule has 2 unspecified atom stereocenters. The lowest BCUT2D eigenvalue weighted by Crippen LogP contribution is -2.58. The highest BCUT2D eigenvalue weighted by Crippen LogP contribution is 2.56. The van der Waals surface area contributed by atoms with Crippen LogP contribution in [-0.2, 0) is 16.1 Å². The third-order valence-corrected chi connectivity index (χ3v) is 9.03. The van der Waals surface area contributed by atoms with E-state index >= 15 is 0 Å². The fourth-order valence-electron chi connectivity index (χ4n) is 6.85. The van der Waals surface area contributed by atoms with Crippen molar-refractivity contribution in [3.8, 4) is 0 Å². The second kappa shape index (κ2) is 8.89. The predicted octanol–water partition coefficient (Wildman–Crippen LogP) is 3.30. The van der Waals surface area contributed by atoms with Gasteiger partial charge in [-0.1, -0.05) is 57.2 Å². The summed E-state index contributed by atoms with van der Waals surface area (Å²) in [5, 5.41) is 14.4. The molecule has 2 fully saturated rings. The number of hydrogen-bond donors (Lipinski definition) is 3. The zero-order valence-electron chi connectivity index (χ0n) is 23.7. The summed E-state index contributed by atoms with van der Waals surface area (Å²) in [6.45, 7) is 8.19. The Morgan fingerprint density at radius 3 is 2.59 bits per heavy atom. The molecule has 2 aromatic carbocycles. The second-order valence-electron chi connectivity index (χ2n) is 13.1. The van der Waals surface area contributed by atoms with Crippen LogP contribution in [0.3, 0.4) is 0 Å². The van der Waals surface area contributed by atoms with E-state index in [0.717, 1.165) is 27.6 Å². The summed E-state index contributed by atoms with van der Waals surface area (Å²) in [4.78, 5) is 49.3. The van der Waals surface area contributed by atoms with Crippen molar-refractivity contribution in [2.24, 2.45) is 10.4 Å². The fraction of sp³-hybridized carbons (Fsp3) is 0.452. The molecule has 4 heterocycles. The standard InChI is InChI=1S/C31H35N7O3/c1-29(2,3)18-38-17-22-20(9-10-24-21(22)16-32-36-24)23-15-31(23,27(38)40)35-28(41)37-13-11-30(12-14-37)26(39)33-25(34-30)19-7-5-4-6-8-19/h4-10,16,23H,11-15,17-18H2,1-3H3,(H,32,36)(H,35,41)(H,33,34,39). The summed E-state index contributed by atoms with van der Waals surface area (Å²) in [6, 6.07) is 13.4. The molecule has 10 heteroatoms. The van der Waals surface area contributed by atoms with Gasteiger partial charge in [-0.2, -0.15) is 5.10 Å². The third kappa shape index (κ3) is 4.19. The van der Waals surface area contributed by atoms with E-state index in [-0.39, 0.29) is 29.2 Å². The lowest BCUT2D eigenvalue weighted by atomic mass is 9.88. The summed E-state index contributed by atoms with van der Waals surface area (Å²) >= 11 is 0. The molecule has 4 amide bonds. The number of fused-ring (bicyclic) bond motifs is 5. The normalized spacial score (nSPS) is 25.0. The summed E-state index contributed by atoms with van der Waals surface area (Å²) in [5.74, 6) is 0.352. The van der Waals surface area contributed by atoms with Crippen molar-refractivity contribution in [1.82, 2.24) is 30.6 Å². The minimum atomic E-state index is -0.969. The molecule has 3 N–H and O–H groups in total. The van der Waals surface area contributed by atoms with Crippen LogP contribution in [0.1, 0.15) is 62.6 Å². The van der Waals surface area contributed by atoms with E-state index < -0.39 is 11.1 Å². The summed E-state index contributed by atoms with van der Waals surface area (Å²) in [7, 11) is 0. The number of aromatic nitrogens is 2. The van der Waals surface area contributed by atoms with Crippen LogP contribution in [0.4, 0.5) is 4.79 Å². The predicted molar refractivity (Wildman–Crippen MR) is 154 cm³/mol. The second-order valence-corrected chi connectivity index (χ2v) is 13.1. The molecule has 1 saturated heterocycles. The van der Waals surface area contributed by atoms with Crippen LogP contribution >= 0.6 is 0 Å². The van der Waals surface area contributed by atoms with Gasteiger partial charge in [0, 0.05) is 43.0 Å². The molecule has 1 aliphatic carbocycles. The average Bonchev–Trinajstić information content (AvgIpc) is 3.31. The molecule has 7 rings (SSSR count). The van der Waals surface area contributed by atoms with E-state index in [9.17, 15) is 14.4 Å². The number of amidine groups is 1. The van der Waals surface area contributed by atoms with Gasteiger partial charge in [0.25, 0.3) is 5.91 Å². The van der Waals surface area contributed by atoms with Crippen molar-refractivity contribution in [2.45, 2.75) is 63.6 Å². The highest BCUT2D eigenvalue weighted by molar-refractivity contribution is 6.15. The first kappa shape index (κ1) is 25.7. The zero-order valence-corrected chi connectivity index (χ0v) is 23.7. The Morgan fingerprint density at radius 1 is 1.10 bits per heavy atom. The maximum absolute atomic E-state index is 14.2. The van der Waals surface area contributed by atoms with Gasteiger partial charge in [-0.25, -0.2) is 4.79 Å². The van der Waals surface area contributed by atoms with Crippen LogP contribution in [0.25, 0.3) is 10.9 Å². The van der Waals surface area contributed by atoms with Gasteiger partial charge < -0.3 is 20.4 Å². The number of aliphatic imine (C=N–C) groups is 1. The van der Waals surface area contributed by atoms with E-state index in [4.69, 9.17) is 4.99 Å². The van der Waals surface area contributed by atoms with E-state index in [1.807, 2.05) is 47.5 Å². The number of H-pyrrole nitrogens is 1. The van der Waals surface area contributed by atoms with Crippen molar-refractivity contribution in [3.05, 3.63) is 65.4 Å². The molecule has 1 saturated carbocycles. The molecule has 0 bridgehead atoms. The number of hydrogen-bond acceptors (Lipinski definition) is 5. The molecule has 1 aromatic heterocycles. The Balaban J connectivity index is 1.12. The van der Waals surface area contributed by atoms with Crippen molar-refractivity contribution in [3.63, 3.8) is 0 Å². The molecule has 2 atom stereocenters. The maximum atomic E-state index is 14.2. The van der Waals surface area contributed by atoms with Gasteiger partial charge in [0.1, 0.15) is 16.9 Å². The monoisotopic (exact) mass is 553 g/mol. The van der Waals surface area contributed by atoms with Crippen LogP contribution in [0.15, 0.2) is 53.7 Å². The number of rotatable bonds is 3. The number of nitrogens with zero attached hydrogens (tertiary/aromatic N) is 4. The molecule has 4 aliphatic rings. The van der Waals surface area contributed by atoms with Gasteiger partial charge in [0.15, 0.2) is 0 Å². The van der Waals surface area contributed by atoms with Crippen LogP contribution < -0.4 is 10.6 Å². The molecular weight excluding hydrogens is 518 g/mol. The zero-order chi connectivity index (χ0) is 28.6. The summed E-state index contributed by atoms with van der Waals surface area (Å²) in [5.41, 5.74) is 2.08. The Labute approximate surface area is 238 Å². The number of nitrogens with one attached hydrogen (secondary N) is 3. The minimum absolute atomic E-state index is 0.0284. The first-order chi connectivity index (χ1) is 19.6. The van der Waals surface area contributed by atoms with Crippen LogP contribution in [-0.4, -0.2) is 74.4 Å². The number of carbonyl (C=O) groups is 3. The Kier molecular flexibility index (Phi) is 5.58. The lowest BCUT2D eigenvalue weighted by Gasteiger charge is -2.37. The molecule has 212 valence electrons. The Hall–Kier alpha value is -4.21. The lowest BCUT2D eigenvalue weighted by molar-refractivity contribution is -0.136. The molecule has 41 heavy (non-hydrogen) atoms. The van der Waals surface area contributed by atoms with Crippen molar-refractivity contribution in [2.75, 3.05) is 19.6 Å². The van der Waals surface area contributed by atoms with E-state index in [0.29, 0.717) is 51.3 Å². The van der Waals surface area contributed by atoms with Crippen LogP contribution in [0, 0.1) is 5.41 Å². The first-order valence-corrected chi connectivity index (χ1v) is 14.4. The Bertz CT molecular complexity index is 1600. The number of urea groups is 1. The minimum Gasteiger partial charge on any atom is -0.336 e. The van der Waals surface area contributed by atoms with E-state index in [1.165, 1.54) is 0 Å². The molecule has 1 spiro atoms. The molecule has 10 nitrogen and oxygen atoms in total. The number of likely N-dealkylation sites (tertiary alicyclic amines) is 1. The molecular formula is C31H35N7O3. The van der Waals surface area contributed by atoms with Crippen molar-refractivity contribution in [1.29, 1.82) is 0 Å². The van der Waals surface area contributed by atoms with Crippen molar-refractivity contribution >= 4 is 34.6 Å². The summed E-state index contributed by atoms with van der Waals surface area (Å²) < 4.78 is 0. The van der Waals surface area contributed by atoms with Gasteiger partial charge in [-0.05, 0) is 41.9 Å². The first-order valence-electron chi connectivity index (χ1n) is 14.4. The quantitative estimate of drug-likeness (QED) is 0.461. The maximum Gasteiger partial charge on any atom is 0.318 e. The van der Waals surface area contributed by atoms with Gasteiger partial charge in [-0.3, -0.25) is 19.7 Å². The molecule has 3 aliphatic heterocycles. The highest BCUT2D eigenvalue weighted by atomic mass is 16.2. The Morgan fingerprint density at radius 2 is 1.85 bits per heavy atom. The smallest absolute Gasteiger partial charge is 0.318 e. The largest absolute Gasteiger partial charge is 0.336 e. The number of piperidine rings is 1. The average molecular weight is 554 g/mol. The van der Waals surface area contributed by atoms with E-state index in [1.54, 1.807) is 4.90 Å². The van der Waals surface area contributed by atoms with E-state index in [2.05, 4.69) is 47.7 Å². The molecule has 3 aromatic rings. The van der Waals surface area contributed by atoms with Crippen LogP contribution in [0.2, 0.25) is 0 Å². The molecule has 0 radical (unpaired) electrons. The van der Waals surface area contributed by atoms with Gasteiger partial charge in [0.05, 0.1) is 11.7 Å². The van der Waals surface area contributed by atoms with Crippen molar-refractivity contribution < 1.29 is 14.4 Å². The number of carbonyl (C=O) groups excluding carboxylic acids is 3.